The minimum Gasteiger partial charge on any atom is -0.377 e. The lowest BCUT2D eigenvalue weighted by Gasteiger charge is -2.37. The van der Waals surface area contributed by atoms with Crippen LogP contribution in [0.15, 0.2) is 39.6 Å². The third-order valence-corrected chi connectivity index (χ3v) is 9.73. The lowest BCUT2D eigenvalue weighted by atomic mass is 9.80. The Hall–Kier alpha value is -3.53. The van der Waals surface area contributed by atoms with Crippen molar-refractivity contribution in [2.24, 2.45) is 17.8 Å². The fourth-order valence-electron chi connectivity index (χ4n) is 7.41. The Morgan fingerprint density at radius 3 is 2.57 bits per heavy atom. The Kier molecular flexibility index (Phi) is 7.56. The van der Waals surface area contributed by atoms with Crippen LogP contribution in [-0.2, 0) is 11.3 Å². The van der Waals surface area contributed by atoms with E-state index in [-0.39, 0.29) is 11.9 Å². The number of imidazole rings is 1. The summed E-state index contributed by atoms with van der Waals surface area (Å²) in [6.07, 6.45) is 9.55. The molecule has 7 rings (SSSR count). The number of H-pyrrole nitrogens is 1. The number of fused-ring (bicyclic) bond motifs is 1. The molecular formula is C32H41N7O3. The molecule has 42 heavy (non-hydrogen) atoms. The maximum absolute atomic E-state index is 11.9. The van der Waals surface area contributed by atoms with E-state index in [0.717, 1.165) is 49.0 Å². The number of anilines is 1. The van der Waals surface area contributed by atoms with Crippen LogP contribution in [0.2, 0.25) is 0 Å². The molecule has 222 valence electrons. The number of nitrogens with zero attached hydrogens (tertiary/aromatic N) is 6. The molecule has 1 aromatic carbocycles. The highest BCUT2D eigenvalue weighted by Gasteiger charge is 2.34. The summed E-state index contributed by atoms with van der Waals surface area (Å²) in [5.41, 5.74) is 3.94. The standard InChI is InChI=1S/C32H41N7O3/c1-20-11-13-22(14-12-20)18-39-27-26(24-10-6-7-21(2)17-24)33-29(30-36-32(40)42-37-30)34-28(27)35-31(39)38-15-16-41-19-25(38)23-8-4-3-5-9-23/h3-5,8-9,20-22,24-25H,6-7,10-19H2,1-2H3,(H,36,37,40)/t20-,21?,22-,24?,25-/m0/s1. The molecule has 2 aliphatic carbocycles. The molecule has 0 radical (unpaired) electrons. The molecule has 3 aromatic heterocycles. The second kappa shape index (κ2) is 11.6. The molecule has 10 heteroatoms. The van der Waals surface area contributed by atoms with E-state index in [1.807, 2.05) is 0 Å². The third-order valence-electron chi connectivity index (χ3n) is 9.73. The summed E-state index contributed by atoms with van der Waals surface area (Å²) in [5, 5.41) is 3.94. The summed E-state index contributed by atoms with van der Waals surface area (Å²) in [4.78, 5) is 32.3. The van der Waals surface area contributed by atoms with E-state index in [2.05, 4.69) is 63.8 Å². The van der Waals surface area contributed by atoms with E-state index in [4.69, 9.17) is 24.2 Å². The number of nitrogens with one attached hydrogen (secondary N) is 1. The van der Waals surface area contributed by atoms with E-state index in [1.165, 1.54) is 44.1 Å². The SMILES string of the molecule is CC1CCCC(c2nc(-c3noc(=O)[nH]3)nc3nc(N4CCOC[C@H]4c4ccccc4)n(C[C@H]4CC[C@H](C)CC4)c23)C1. The van der Waals surface area contributed by atoms with Gasteiger partial charge >= 0.3 is 5.76 Å². The molecule has 3 aliphatic rings. The van der Waals surface area contributed by atoms with Gasteiger partial charge in [0.2, 0.25) is 17.6 Å². The molecule has 4 heterocycles. The van der Waals surface area contributed by atoms with Crippen molar-refractivity contribution in [3.05, 3.63) is 52.1 Å². The van der Waals surface area contributed by atoms with Crippen molar-refractivity contribution in [3.63, 3.8) is 0 Å². The summed E-state index contributed by atoms with van der Waals surface area (Å²) < 4.78 is 13.3. The molecular weight excluding hydrogens is 530 g/mol. The van der Waals surface area contributed by atoms with Crippen LogP contribution in [0.4, 0.5) is 5.95 Å². The molecule has 0 bridgehead atoms. The van der Waals surface area contributed by atoms with Crippen LogP contribution in [0.5, 0.6) is 0 Å². The number of aromatic nitrogens is 6. The van der Waals surface area contributed by atoms with Crippen molar-refractivity contribution in [2.75, 3.05) is 24.7 Å². The Bertz CT molecular complexity index is 1570. The van der Waals surface area contributed by atoms with Gasteiger partial charge in [0.05, 0.1) is 24.9 Å². The third kappa shape index (κ3) is 5.37. The number of ether oxygens (including phenoxy) is 1. The first-order chi connectivity index (χ1) is 20.5. The molecule has 2 unspecified atom stereocenters. The van der Waals surface area contributed by atoms with Gasteiger partial charge in [0.25, 0.3) is 0 Å². The van der Waals surface area contributed by atoms with Gasteiger partial charge in [-0.25, -0.2) is 14.8 Å². The van der Waals surface area contributed by atoms with Gasteiger partial charge in [-0.1, -0.05) is 75.0 Å². The molecule has 1 N–H and O–H groups in total. The molecule has 4 aromatic rings. The Morgan fingerprint density at radius 2 is 1.81 bits per heavy atom. The minimum atomic E-state index is -0.613. The van der Waals surface area contributed by atoms with Crippen LogP contribution < -0.4 is 10.7 Å². The van der Waals surface area contributed by atoms with E-state index >= 15 is 0 Å². The zero-order valence-corrected chi connectivity index (χ0v) is 24.7. The van der Waals surface area contributed by atoms with E-state index in [1.54, 1.807) is 0 Å². The molecule has 3 fully saturated rings. The van der Waals surface area contributed by atoms with Crippen LogP contribution in [0, 0.1) is 17.8 Å². The molecule has 2 saturated carbocycles. The quantitative estimate of drug-likeness (QED) is 0.306. The lowest BCUT2D eigenvalue weighted by Crippen LogP contribution is -2.41. The molecule has 1 saturated heterocycles. The Labute approximate surface area is 245 Å². The van der Waals surface area contributed by atoms with Crippen molar-refractivity contribution in [1.82, 2.24) is 29.7 Å². The first kappa shape index (κ1) is 27.3. The van der Waals surface area contributed by atoms with E-state index in [0.29, 0.717) is 42.4 Å². The van der Waals surface area contributed by atoms with Gasteiger partial charge in [0.1, 0.15) is 5.52 Å². The van der Waals surface area contributed by atoms with Crippen LogP contribution in [0.25, 0.3) is 22.8 Å². The van der Waals surface area contributed by atoms with E-state index in [9.17, 15) is 4.79 Å². The van der Waals surface area contributed by atoms with Crippen molar-refractivity contribution in [1.29, 1.82) is 0 Å². The van der Waals surface area contributed by atoms with Gasteiger partial charge in [-0.3, -0.25) is 9.51 Å². The van der Waals surface area contributed by atoms with Crippen molar-refractivity contribution in [3.8, 4) is 11.6 Å². The summed E-state index contributed by atoms with van der Waals surface area (Å²) in [5.74, 6) is 3.23. The highest BCUT2D eigenvalue weighted by atomic mass is 16.5. The Morgan fingerprint density at radius 1 is 0.976 bits per heavy atom. The largest absolute Gasteiger partial charge is 0.439 e. The minimum absolute atomic E-state index is 0.0550. The zero-order valence-electron chi connectivity index (χ0n) is 24.7. The smallest absolute Gasteiger partial charge is 0.377 e. The summed E-state index contributed by atoms with van der Waals surface area (Å²) in [6, 6.07) is 10.6. The molecule has 10 nitrogen and oxygen atoms in total. The van der Waals surface area contributed by atoms with Gasteiger partial charge in [0, 0.05) is 19.0 Å². The first-order valence-corrected chi connectivity index (χ1v) is 15.8. The monoisotopic (exact) mass is 571 g/mol. The second-order valence-electron chi connectivity index (χ2n) is 12.9. The van der Waals surface area contributed by atoms with Gasteiger partial charge in [-0.05, 0) is 49.0 Å². The van der Waals surface area contributed by atoms with Crippen LogP contribution in [-0.4, -0.2) is 49.4 Å². The number of hydrogen-bond donors (Lipinski definition) is 1. The summed E-state index contributed by atoms with van der Waals surface area (Å²) in [7, 11) is 0. The summed E-state index contributed by atoms with van der Waals surface area (Å²) in [6.45, 7) is 7.62. The number of aromatic amines is 1. The molecule has 1 aliphatic heterocycles. The predicted octanol–water partition coefficient (Wildman–Crippen LogP) is 5.87. The van der Waals surface area contributed by atoms with Gasteiger partial charge < -0.3 is 14.2 Å². The van der Waals surface area contributed by atoms with E-state index < -0.39 is 5.76 Å². The van der Waals surface area contributed by atoms with Gasteiger partial charge in [-0.15, -0.1) is 0 Å². The fourth-order valence-corrected chi connectivity index (χ4v) is 7.41. The maximum atomic E-state index is 11.9. The average molecular weight is 572 g/mol. The number of morpholine rings is 1. The summed E-state index contributed by atoms with van der Waals surface area (Å²) >= 11 is 0. The zero-order chi connectivity index (χ0) is 28.6. The van der Waals surface area contributed by atoms with Crippen molar-refractivity contribution in [2.45, 2.75) is 83.7 Å². The first-order valence-electron chi connectivity index (χ1n) is 15.8. The van der Waals surface area contributed by atoms with Crippen LogP contribution in [0.1, 0.15) is 88.4 Å². The Balaban J connectivity index is 1.41. The number of hydrogen-bond acceptors (Lipinski definition) is 8. The number of rotatable bonds is 6. The average Bonchev–Trinajstić information content (AvgIpc) is 3.62. The highest BCUT2D eigenvalue weighted by Crippen LogP contribution is 2.41. The van der Waals surface area contributed by atoms with Crippen LogP contribution >= 0.6 is 0 Å². The lowest BCUT2D eigenvalue weighted by molar-refractivity contribution is 0.0927. The highest BCUT2D eigenvalue weighted by molar-refractivity contribution is 5.80. The van der Waals surface area contributed by atoms with Crippen LogP contribution in [0.3, 0.4) is 0 Å². The van der Waals surface area contributed by atoms with Crippen molar-refractivity contribution < 1.29 is 9.26 Å². The molecule has 0 spiro atoms. The molecule has 0 amide bonds. The predicted molar refractivity (Wildman–Crippen MR) is 160 cm³/mol. The van der Waals surface area contributed by atoms with Gasteiger partial charge in [0.15, 0.2) is 5.65 Å². The topological polar surface area (TPSA) is 115 Å². The normalized spacial score (nSPS) is 27.0. The second-order valence-corrected chi connectivity index (χ2v) is 12.9. The number of benzene rings is 1. The maximum Gasteiger partial charge on any atom is 0.439 e. The molecule has 3 atom stereocenters. The van der Waals surface area contributed by atoms with Gasteiger partial charge in [-0.2, -0.15) is 4.98 Å². The fraction of sp³-hybridized carbons (Fsp3) is 0.594. The van der Waals surface area contributed by atoms with Crippen molar-refractivity contribution >= 4 is 17.1 Å².